The molecular weight excluding hydrogens is 249 g/mol. The molecule has 6 heteroatoms. The molecule has 1 aliphatic rings. The van der Waals surface area contributed by atoms with Gasteiger partial charge in [-0.05, 0) is 38.1 Å². The Hall–Kier alpha value is -1.95. The Bertz CT molecular complexity index is 473. The van der Waals surface area contributed by atoms with Crippen LogP contribution in [0.2, 0.25) is 0 Å². The molecule has 1 aliphatic heterocycles. The van der Waals surface area contributed by atoms with Crippen LogP contribution in [-0.2, 0) is 4.79 Å². The van der Waals surface area contributed by atoms with Gasteiger partial charge >= 0.3 is 6.03 Å². The van der Waals surface area contributed by atoms with Crippen LogP contribution < -0.4 is 10.6 Å². The highest BCUT2D eigenvalue weighted by atomic mass is 19.1. The van der Waals surface area contributed by atoms with E-state index in [4.69, 9.17) is 0 Å². The van der Waals surface area contributed by atoms with E-state index in [1.54, 1.807) is 6.07 Å². The van der Waals surface area contributed by atoms with Crippen LogP contribution in [-0.4, -0.2) is 36.5 Å². The average Bonchev–Trinajstić information content (AvgIpc) is 2.84. The Morgan fingerprint density at radius 3 is 2.58 bits per heavy atom. The Morgan fingerprint density at radius 2 is 1.89 bits per heavy atom. The van der Waals surface area contributed by atoms with Crippen molar-refractivity contribution in [3.63, 3.8) is 0 Å². The number of hydrogen-bond acceptors (Lipinski definition) is 3. The first-order chi connectivity index (χ1) is 9.15. The molecule has 0 radical (unpaired) electrons. The minimum absolute atomic E-state index is 0.0500. The molecule has 1 heterocycles. The molecule has 2 N–H and O–H groups in total. The first kappa shape index (κ1) is 13.5. The summed E-state index contributed by atoms with van der Waals surface area (Å²) in [7, 11) is 0. The fourth-order valence-electron chi connectivity index (χ4n) is 2.03. The van der Waals surface area contributed by atoms with Crippen LogP contribution in [0.1, 0.15) is 12.8 Å². The number of halogens is 1. The molecule has 1 fully saturated rings. The summed E-state index contributed by atoms with van der Waals surface area (Å²) >= 11 is 0. The van der Waals surface area contributed by atoms with Gasteiger partial charge in [0, 0.05) is 0 Å². The van der Waals surface area contributed by atoms with E-state index >= 15 is 0 Å². The molecule has 0 saturated carbocycles. The highest BCUT2D eigenvalue weighted by Crippen LogP contribution is 2.11. The van der Waals surface area contributed by atoms with Gasteiger partial charge in [-0.15, -0.1) is 0 Å². The van der Waals surface area contributed by atoms with E-state index in [0.29, 0.717) is 0 Å². The number of nitrogens with zero attached hydrogens (tertiary/aromatic N) is 1. The zero-order valence-electron chi connectivity index (χ0n) is 10.5. The fraction of sp³-hybridized carbons (Fsp3) is 0.385. The second kappa shape index (κ2) is 6.29. The molecule has 0 atom stereocenters. The number of urea groups is 1. The van der Waals surface area contributed by atoms with Crippen LogP contribution in [0.25, 0.3) is 0 Å². The average molecular weight is 265 g/mol. The number of nitrogens with one attached hydrogen (secondary N) is 2. The van der Waals surface area contributed by atoms with E-state index in [1.807, 2.05) is 4.90 Å². The molecule has 19 heavy (non-hydrogen) atoms. The predicted molar refractivity (Wildman–Crippen MR) is 69.2 cm³/mol. The summed E-state index contributed by atoms with van der Waals surface area (Å²) in [5, 5.41) is 4.49. The Balaban J connectivity index is 1.80. The quantitative estimate of drug-likeness (QED) is 0.872. The summed E-state index contributed by atoms with van der Waals surface area (Å²) in [6.07, 6.45) is 2.16. The highest BCUT2D eigenvalue weighted by molar-refractivity contribution is 6.01. The minimum Gasteiger partial charge on any atom is -0.305 e. The second-order valence-electron chi connectivity index (χ2n) is 4.47. The number of benzene rings is 1. The third-order valence-corrected chi connectivity index (χ3v) is 2.94. The van der Waals surface area contributed by atoms with Gasteiger partial charge in [-0.25, -0.2) is 9.18 Å². The first-order valence-corrected chi connectivity index (χ1v) is 6.23. The maximum atomic E-state index is 13.3. The van der Waals surface area contributed by atoms with Crippen molar-refractivity contribution in [2.75, 3.05) is 25.0 Å². The highest BCUT2D eigenvalue weighted by Gasteiger charge is 2.16. The molecule has 1 aromatic carbocycles. The van der Waals surface area contributed by atoms with Crippen LogP contribution in [0.3, 0.4) is 0 Å². The molecule has 5 nitrogen and oxygen atoms in total. The van der Waals surface area contributed by atoms with E-state index in [-0.39, 0.29) is 18.1 Å². The van der Waals surface area contributed by atoms with Crippen LogP contribution in [0.4, 0.5) is 14.9 Å². The van der Waals surface area contributed by atoms with Gasteiger partial charge in [0.2, 0.25) is 5.91 Å². The molecule has 1 saturated heterocycles. The monoisotopic (exact) mass is 265 g/mol. The number of hydrogen-bond donors (Lipinski definition) is 2. The normalized spacial score (nSPS) is 15.2. The van der Waals surface area contributed by atoms with E-state index in [9.17, 15) is 14.0 Å². The Labute approximate surface area is 110 Å². The van der Waals surface area contributed by atoms with Crippen molar-refractivity contribution < 1.29 is 14.0 Å². The van der Waals surface area contributed by atoms with Gasteiger partial charge in [-0.3, -0.25) is 15.0 Å². The van der Waals surface area contributed by atoms with E-state index < -0.39 is 11.8 Å². The van der Waals surface area contributed by atoms with Crippen molar-refractivity contribution in [1.29, 1.82) is 0 Å². The van der Waals surface area contributed by atoms with Gasteiger partial charge in [-0.2, -0.15) is 0 Å². The van der Waals surface area contributed by atoms with Crippen LogP contribution in [0.5, 0.6) is 0 Å². The summed E-state index contributed by atoms with van der Waals surface area (Å²) < 4.78 is 13.3. The van der Waals surface area contributed by atoms with Gasteiger partial charge < -0.3 is 5.32 Å². The topological polar surface area (TPSA) is 61.4 Å². The van der Waals surface area contributed by atoms with Crippen molar-refractivity contribution in [2.45, 2.75) is 12.8 Å². The zero-order valence-corrected chi connectivity index (χ0v) is 10.5. The smallest absolute Gasteiger partial charge is 0.305 e. The molecule has 0 bridgehead atoms. The van der Waals surface area contributed by atoms with Gasteiger partial charge in [0.1, 0.15) is 5.82 Å². The lowest BCUT2D eigenvalue weighted by Gasteiger charge is -2.13. The summed E-state index contributed by atoms with van der Waals surface area (Å²) in [5.74, 6) is -0.916. The Morgan fingerprint density at radius 1 is 1.21 bits per heavy atom. The molecule has 0 aromatic heterocycles. The largest absolute Gasteiger partial charge is 0.326 e. The van der Waals surface area contributed by atoms with Crippen molar-refractivity contribution in [3.8, 4) is 0 Å². The molecule has 1 aromatic rings. The van der Waals surface area contributed by atoms with Crippen molar-refractivity contribution in [2.24, 2.45) is 0 Å². The number of carbonyl (C=O) groups excluding carboxylic acids is 2. The zero-order chi connectivity index (χ0) is 13.7. The van der Waals surface area contributed by atoms with Gasteiger partial charge in [0.15, 0.2) is 0 Å². The standard InChI is InChI=1S/C13H16FN3O2/c14-10-5-1-2-6-11(10)15-13(19)16-12(18)9-17-7-3-4-8-17/h1-2,5-6H,3-4,7-9H2,(H2,15,16,18,19). The summed E-state index contributed by atoms with van der Waals surface area (Å²) in [6, 6.07) is 5.08. The maximum absolute atomic E-state index is 13.3. The van der Waals surface area contributed by atoms with Crippen LogP contribution >= 0.6 is 0 Å². The predicted octanol–water partition coefficient (Wildman–Crippen LogP) is 1.57. The molecule has 2 rings (SSSR count). The molecule has 0 spiro atoms. The van der Waals surface area contributed by atoms with Gasteiger partial charge in [-0.1, -0.05) is 12.1 Å². The van der Waals surface area contributed by atoms with Crippen LogP contribution in [0, 0.1) is 5.82 Å². The number of imide groups is 1. The number of carbonyl (C=O) groups is 2. The number of likely N-dealkylation sites (tertiary alicyclic amines) is 1. The lowest BCUT2D eigenvalue weighted by atomic mass is 10.3. The molecule has 3 amide bonds. The number of amides is 3. The van der Waals surface area contributed by atoms with E-state index in [0.717, 1.165) is 25.9 Å². The van der Waals surface area contributed by atoms with Gasteiger partial charge in [0.25, 0.3) is 0 Å². The molecule has 0 unspecified atom stereocenters. The summed E-state index contributed by atoms with van der Waals surface area (Å²) in [4.78, 5) is 25.1. The summed E-state index contributed by atoms with van der Waals surface area (Å²) in [6.45, 7) is 1.95. The lowest BCUT2D eigenvalue weighted by molar-refractivity contribution is -0.120. The van der Waals surface area contributed by atoms with Crippen LogP contribution in [0.15, 0.2) is 24.3 Å². The molecule has 102 valence electrons. The third kappa shape index (κ3) is 4.03. The number of para-hydroxylation sites is 1. The van der Waals surface area contributed by atoms with E-state index in [1.165, 1.54) is 18.2 Å². The van der Waals surface area contributed by atoms with E-state index in [2.05, 4.69) is 10.6 Å². The third-order valence-electron chi connectivity index (χ3n) is 2.94. The maximum Gasteiger partial charge on any atom is 0.326 e. The van der Waals surface area contributed by atoms with Crippen molar-refractivity contribution in [3.05, 3.63) is 30.1 Å². The summed E-state index contributed by atoms with van der Waals surface area (Å²) in [5.41, 5.74) is 0.0500. The number of anilines is 1. The lowest BCUT2D eigenvalue weighted by Crippen LogP contribution is -2.41. The minimum atomic E-state index is -0.714. The van der Waals surface area contributed by atoms with Crippen molar-refractivity contribution in [1.82, 2.24) is 10.2 Å². The first-order valence-electron chi connectivity index (χ1n) is 6.23. The van der Waals surface area contributed by atoms with Crippen molar-refractivity contribution >= 4 is 17.6 Å². The molecule has 0 aliphatic carbocycles. The van der Waals surface area contributed by atoms with Gasteiger partial charge in [0.05, 0.1) is 12.2 Å². The SMILES string of the molecule is O=C(CN1CCCC1)NC(=O)Nc1ccccc1F. The Kier molecular flexibility index (Phi) is 4.46. The molecular formula is C13H16FN3O2. The fourth-order valence-corrected chi connectivity index (χ4v) is 2.03. The second-order valence-corrected chi connectivity index (χ2v) is 4.47. The number of rotatable bonds is 3.